The summed E-state index contributed by atoms with van der Waals surface area (Å²) < 4.78 is 0. The molecule has 0 aromatic heterocycles. The van der Waals surface area contributed by atoms with Gasteiger partial charge in [0, 0.05) is 12.5 Å². The molecule has 4 aliphatic rings. The number of allylic oxidation sites excluding steroid dienone is 1. The van der Waals surface area contributed by atoms with Crippen LogP contribution in [0.3, 0.4) is 0 Å². The summed E-state index contributed by atoms with van der Waals surface area (Å²) in [5.74, 6) is 2.23. The molecule has 0 aromatic carbocycles. The summed E-state index contributed by atoms with van der Waals surface area (Å²) in [5, 5.41) is 0. The first-order valence-electron chi connectivity index (χ1n) is 9.81. The van der Waals surface area contributed by atoms with Crippen molar-refractivity contribution in [3.8, 4) is 0 Å². The fourth-order valence-electron chi connectivity index (χ4n) is 7.37. The molecule has 4 rings (SSSR count). The van der Waals surface area contributed by atoms with Crippen LogP contribution >= 0.6 is 0 Å². The normalized spacial score (nSPS) is 49.1. The van der Waals surface area contributed by atoms with E-state index in [4.69, 9.17) is 5.73 Å². The zero-order chi connectivity index (χ0) is 17.3. The first-order valence-corrected chi connectivity index (χ1v) is 9.81. The van der Waals surface area contributed by atoms with E-state index in [0.717, 1.165) is 12.3 Å². The Morgan fingerprint density at radius 3 is 2.58 bits per heavy atom. The fraction of sp³-hybridized carbons (Fsp3) is 0.810. The number of hydrogen-bond acceptors (Lipinski definition) is 3. The maximum absolute atomic E-state index is 12.2. The zero-order valence-corrected chi connectivity index (χ0v) is 15.3. The van der Waals surface area contributed by atoms with E-state index in [1.807, 2.05) is 0 Å². The van der Waals surface area contributed by atoms with Gasteiger partial charge in [-0.05, 0) is 86.0 Å². The van der Waals surface area contributed by atoms with Crippen molar-refractivity contribution in [3.05, 3.63) is 11.6 Å². The van der Waals surface area contributed by atoms with Crippen molar-refractivity contribution in [3.63, 3.8) is 0 Å². The second-order valence-electron chi connectivity index (χ2n) is 9.55. The first-order chi connectivity index (χ1) is 11.3. The summed E-state index contributed by atoms with van der Waals surface area (Å²) in [6, 6.07) is 0.278. The van der Waals surface area contributed by atoms with Gasteiger partial charge in [-0.2, -0.15) is 0 Å². The van der Waals surface area contributed by atoms with Crippen molar-refractivity contribution in [2.45, 2.75) is 71.8 Å². The second-order valence-corrected chi connectivity index (χ2v) is 9.55. The van der Waals surface area contributed by atoms with E-state index in [9.17, 15) is 9.59 Å². The molecule has 3 saturated carbocycles. The number of carbonyl (C=O) groups excluding carboxylic acids is 2. The van der Waals surface area contributed by atoms with Crippen molar-refractivity contribution >= 4 is 11.6 Å². The molecule has 3 heteroatoms. The number of rotatable bonds is 1. The number of ketones is 2. The van der Waals surface area contributed by atoms with Gasteiger partial charge < -0.3 is 5.73 Å². The molecule has 0 saturated heterocycles. The fourth-order valence-corrected chi connectivity index (χ4v) is 7.37. The monoisotopic (exact) mass is 329 g/mol. The summed E-state index contributed by atoms with van der Waals surface area (Å²) in [4.78, 5) is 24.0. The van der Waals surface area contributed by atoms with Gasteiger partial charge in [0.2, 0.25) is 11.6 Å². The summed E-state index contributed by atoms with van der Waals surface area (Å²) >= 11 is 0. The third kappa shape index (κ3) is 2.06. The third-order valence-corrected chi connectivity index (χ3v) is 8.55. The van der Waals surface area contributed by atoms with E-state index in [1.165, 1.54) is 37.7 Å². The van der Waals surface area contributed by atoms with Crippen molar-refractivity contribution < 1.29 is 9.59 Å². The van der Waals surface area contributed by atoms with Gasteiger partial charge in [-0.15, -0.1) is 0 Å². The van der Waals surface area contributed by atoms with Gasteiger partial charge in [0.25, 0.3) is 0 Å². The molecule has 4 aliphatic carbocycles. The van der Waals surface area contributed by atoms with Crippen LogP contribution in [0.5, 0.6) is 0 Å². The molecule has 0 radical (unpaired) electrons. The molecule has 2 N–H and O–H groups in total. The minimum Gasteiger partial charge on any atom is -0.328 e. The van der Waals surface area contributed by atoms with Crippen LogP contribution in [0, 0.1) is 34.5 Å². The van der Waals surface area contributed by atoms with Crippen LogP contribution in [0.15, 0.2) is 11.6 Å². The topological polar surface area (TPSA) is 60.2 Å². The predicted octanol–water partition coefficient (Wildman–Crippen LogP) is 3.66. The lowest BCUT2D eigenvalue weighted by Crippen LogP contribution is -2.52. The molecule has 1 unspecified atom stereocenters. The molecule has 3 fully saturated rings. The molecule has 0 aromatic rings. The van der Waals surface area contributed by atoms with Gasteiger partial charge in [0.05, 0.1) is 0 Å². The van der Waals surface area contributed by atoms with E-state index in [0.29, 0.717) is 29.6 Å². The van der Waals surface area contributed by atoms with Crippen molar-refractivity contribution in [2.75, 3.05) is 0 Å². The Morgan fingerprint density at radius 2 is 1.88 bits per heavy atom. The van der Waals surface area contributed by atoms with E-state index in [-0.39, 0.29) is 23.0 Å². The average molecular weight is 329 g/mol. The third-order valence-electron chi connectivity index (χ3n) is 8.55. The molecule has 0 heterocycles. The Kier molecular flexibility index (Phi) is 3.62. The Balaban J connectivity index is 1.68. The SMILES string of the molecule is CC(N)[C@H]1CC[C@H]2[C@@H]3CCC4=CC(=O)C(=O)C[C@]4(C)[C@H]3CC[C@]12C. The molecule has 24 heavy (non-hydrogen) atoms. The Labute approximate surface area is 145 Å². The summed E-state index contributed by atoms with van der Waals surface area (Å²) in [6.45, 7) is 6.93. The van der Waals surface area contributed by atoms with Gasteiger partial charge >= 0.3 is 0 Å². The van der Waals surface area contributed by atoms with Gasteiger partial charge in [-0.3, -0.25) is 9.59 Å². The van der Waals surface area contributed by atoms with Crippen molar-refractivity contribution in [1.82, 2.24) is 0 Å². The lowest BCUT2D eigenvalue weighted by Gasteiger charge is -2.58. The largest absolute Gasteiger partial charge is 0.328 e. The molecule has 0 bridgehead atoms. The highest BCUT2D eigenvalue weighted by atomic mass is 16.2. The molecular formula is C21H31NO2. The molecule has 0 aliphatic heterocycles. The lowest BCUT2D eigenvalue weighted by atomic mass is 9.46. The minimum atomic E-state index is -0.264. The van der Waals surface area contributed by atoms with Crippen molar-refractivity contribution in [1.29, 1.82) is 0 Å². The van der Waals surface area contributed by atoms with Gasteiger partial charge in [-0.25, -0.2) is 0 Å². The van der Waals surface area contributed by atoms with E-state index in [1.54, 1.807) is 6.08 Å². The minimum absolute atomic E-state index is 0.0678. The quantitative estimate of drug-likeness (QED) is 0.747. The Morgan fingerprint density at radius 1 is 1.12 bits per heavy atom. The van der Waals surface area contributed by atoms with Gasteiger partial charge in [-0.1, -0.05) is 19.4 Å². The number of Topliss-reactive ketones (excluding diaryl/α,β-unsaturated/α-hetero) is 1. The summed E-state index contributed by atoms with van der Waals surface area (Å²) in [7, 11) is 0. The Hall–Kier alpha value is -0.960. The smallest absolute Gasteiger partial charge is 0.221 e. The number of hydrogen-bond donors (Lipinski definition) is 1. The molecule has 3 nitrogen and oxygen atoms in total. The van der Waals surface area contributed by atoms with E-state index in [2.05, 4.69) is 20.8 Å². The molecule has 7 atom stereocenters. The summed E-state index contributed by atoms with van der Waals surface area (Å²) in [5.41, 5.74) is 7.90. The van der Waals surface area contributed by atoms with Gasteiger partial charge in [0.15, 0.2) is 0 Å². The number of fused-ring (bicyclic) bond motifs is 5. The maximum Gasteiger partial charge on any atom is 0.221 e. The van der Waals surface area contributed by atoms with Crippen LogP contribution in [-0.2, 0) is 9.59 Å². The van der Waals surface area contributed by atoms with E-state index >= 15 is 0 Å². The van der Waals surface area contributed by atoms with Crippen LogP contribution in [-0.4, -0.2) is 17.6 Å². The first kappa shape index (κ1) is 16.5. The van der Waals surface area contributed by atoms with E-state index < -0.39 is 0 Å². The zero-order valence-electron chi connectivity index (χ0n) is 15.3. The predicted molar refractivity (Wildman–Crippen MR) is 94.2 cm³/mol. The van der Waals surface area contributed by atoms with Crippen LogP contribution in [0.1, 0.15) is 65.7 Å². The van der Waals surface area contributed by atoms with Crippen molar-refractivity contribution in [2.24, 2.45) is 40.2 Å². The van der Waals surface area contributed by atoms with Gasteiger partial charge in [0.1, 0.15) is 0 Å². The standard InChI is InChI=1S/C21H31NO2/c1-12(22)15-6-7-16-14-5-4-13-10-18(23)19(24)11-21(13,3)17(14)8-9-20(15,16)2/h10,12,14-17H,4-9,11,22H2,1-3H3/t12?,14-,15+,16-,17-,20+,21-/m0/s1. The van der Waals surface area contributed by atoms with Crippen LogP contribution in [0.2, 0.25) is 0 Å². The molecular weight excluding hydrogens is 298 g/mol. The Bertz CT molecular complexity index is 621. The number of carbonyl (C=O) groups is 2. The molecule has 0 amide bonds. The second kappa shape index (κ2) is 5.27. The highest BCUT2D eigenvalue weighted by Crippen LogP contribution is 2.66. The number of nitrogens with two attached hydrogens (primary N) is 1. The highest BCUT2D eigenvalue weighted by Gasteiger charge is 2.59. The average Bonchev–Trinajstić information content (AvgIpc) is 2.86. The highest BCUT2D eigenvalue weighted by molar-refractivity contribution is 6.42. The van der Waals surface area contributed by atoms with Crippen LogP contribution in [0.4, 0.5) is 0 Å². The van der Waals surface area contributed by atoms with Crippen LogP contribution in [0.25, 0.3) is 0 Å². The van der Waals surface area contributed by atoms with Crippen LogP contribution < -0.4 is 5.73 Å². The molecule has 0 spiro atoms. The maximum atomic E-state index is 12.2. The lowest BCUT2D eigenvalue weighted by molar-refractivity contribution is -0.138. The molecule has 132 valence electrons. The summed E-state index contributed by atoms with van der Waals surface area (Å²) in [6.07, 6.45) is 9.32.